The molecule has 1 aromatic heterocycles. The van der Waals surface area contributed by atoms with E-state index in [2.05, 4.69) is 34.6 Å². The summed E-state index contributed by atoms with van der Waals surface area (Å²) in [5.74, 6) is 1.21. The second-order valence-electron chi connectivity index (χ2n) is 3.58. The fourth-order valence-electron chi connectivity index (χ4n) is 1.58. The largest absolute Gasteiger partial charge is 0.424 e. The zero-order valence-electron chi connectivity index (χ0n) is 9.53. The Kier molecular flexibility index (Phi) is 3.19. The van der Waals surface area contributed by atoms with E-state index < -0.39 is 0 Å². The molecule has 0 radical (unpaired) electrons. The molecular weight excluding hydrogens is 202 g/mol. The number of aromatic nitrogens is 2. The van der Waals surface area contributed by atoms with Crippen LogP contribution in [0.15, 0.2) is 28.7 Å². The van der Waals surface area contributed by atoms with Crippen LogP contribution in [0.1, 0.15) is 24.3 Å². The van der Waals surface area contributed by atoms with Gasteiger partial charge < -0.3 is 9.73 Å². The Balaban J connectivity index is 2.04. The van der Waals surface area contributed by atoms with E-state index in [1.165, 1.54) is 5.56 Å². The predicted molar refractivity (Wildman–Crippen MR) is 62.2 cm³/mol. The van der Waals surface area contributed by atoms with Crippen LogP contribution in [0.25, 0.3) is 0 Å². The first-order chi connectivity index (χ1) is 7.79. The summed E-state index contributed by atoms with van der Waals surface area (Å²) >= 11 is 0. The molecule has 0 amide bonds. The molecule has 0 unspecified atom stereocenters. The first kappa shape index (κ1) is 10.7. The molecule has 16 heavy (non-hydrogen) atoms. The summed E-state index contributed by atoms with van der Waals surface area (Å²) in [5, 5.41) is 11.0. The van der Waals surface area contributed by atoms with Crippen LogP contribution in [0.2, 0.25) is 0 Å². The number of anilines is 1. The molecule has 2 rings (SSSR count). The van der Waals surface area contributed by atoms with Gasteiger partial charge in [-0.1, -0.05) is 25.1 Å². The number of rotatable bonds is 4. The lowest BCUT2D eigenvalue weighted by molar-refractivity contribution is 0.475. The lowest BCUT2D eigenvalue weighted by Crippen LogP contribution is -2.02. The normalized spacial score (nSPS) is 10.4. The van der Waals surface area contributed by atoms with Gasteiger partial charge in [-0.15, -0.1) is 10.2 Å². The van der Waals surface area contributed by atoms with E-state index in [1.807, 2.05) is 12.1 Å². The Morgan fingerprint density at radius 3 is 2.75 bits per heavy atom. The second-order valence-corrected chi connectivity index (χ2v) is 3.58. The van der Waals surface area contributed by atoms with Crippen molar-refractivity contribution in [2.24, 2.45) is 0 Å². The van der Waals surface area contributed by atoms with E-state index in [0.29, 0.717) is 18.3 Å². The molecule has 0 aliphatic rings. The highest BCUT2D eigenvalue weighted by molar-refractivity contribution is 5.50. The van der Waals surface area contributed by atoms with Crippen molar-refractivity contribution in [3.05, 3.63) is 41.6 Å². The number of para-hydroxylation sites is 1. The SMILES string of the molecule is CCc1ccccc1NCc1nnc(C)o1. The van der Waals surface area contributed by atoms with Crippen molar-refractivity contribution >= 4 is 5.69 Å². The maximum atomic E-state index is 5.29. The van der Waals surface area contributed by atoms with Crippen LogP contribution in [0.5, 0.6) is 0 Å². The summed E-state index contributed by atoms with van der Waals surface area (Å²) < 4.78 is 5.29. The standard InChI is InChI=1S/C12H15N3O/c1-3-10-6-4-5-7-11(10)13-8-12-15-14-9(2)16-12/h4-7,13H,3,8H2,1-2H3. The topological polar surface area (TPSA) is 51.0 Å². The van der Waals surface area contributed by atoms with Gasteiger partial charge in [0.15, 0.2) is 0 Å². The summed E-state index contributed by atoms with van der Waals surface area (Å²) in [5.41, 5.74) is 2.42. The fraction of sp³-hybridized carbons (Fsp3) is 0.333. The molecular formula is C12H15N3O. The van der Waals surface area contributed by atoms with E-state index in [4.69, 9.17) is 4.42 Å². The molecule has 4 heteroatoms. The lowest BCUT2D eigenvalue weighted by Gasteiger charge is -2.08. The molecule has 0 atom stereocenters. The Morgan fingerprint density at radius 2 is 2.06 bits per heavy atom. The lowest BCUT2D eigenvalue weighted by atomic mass is 10.1. The van der Waals surface area contributed by atoms with Crippen molar-refractivity contribution in [3.8, 4) is 0 Å². The van der Waals surface area contributed by atoms with Gasteiger partial charge in [-0.05, 0) is 18.1 Å². The maximum absolute atomic E-state index is 5.29. The molecule has 0 bridgehead atoms. The molecule has 84 valence electrons. The first-order valence-electron chi connectivity index (χ1n) is 5.40. The third-order valence-corrected chi connectivity index (χ3v) is 2.40. The number of hydrogen-bond donors (Lipinski definition) is 1. The number of benzene rings is 1. The smallest absolute Gasteiger partial charge is 0.235 e. The molecule has 1 N–H and O–H groups in total. The average molecular weight is 217 g/mol. The van der Waals surface area contributed by atoms with Crippen molar-refractivity contribution < 1.29 is 4.42 Å². The number of nitrogens with zero attached hydrogens (tertiary/aromatic N) is 2. The molecule has 0 saturated heterocycles. The summed E-state index contributed by atoms with van der Waals surface area (Å²) in [7, 11) is 0. The van der Waals surface area contributed by atoms with Crippen LogP contribution in [-0.4, -0.2) is 10.2 Å². The molecule has 0 aliphatic carbocycles. The minimum atomic E-state index is 0.567. The van der Waals surface area contributed by atoms with E-state index in [0.717, 1.165) is 12.1 Å². The van der Waals surface area contributed by atoms with Gasteiger partial charge in [0.1, 0.15) is 0 Å². The highest BCUT2D eigenvalue weighted by Crippen LogP contribution is 2.16. The highest BCUT2D eigenvalue weighted by Gasteiger charge is 2.03. The fourth-order valence-corrected chi connectivity index (χ4v) is 1.58. The first-order valence-corrected chi connectivity index (χ1v) is 5.40. The van der Waals surface area contributed by atoms with Crippen LogP contribution in [0, 0.1) is 6.92 Å². The number of hydrogen-bond acceptors (Lipinski definition) is 4. The molecule has 0 saturated carbocycles. The molecule has 0 spiro atoms. The van der Waals surface area contributed by atoms with Gasteiger partial charge in [-0.25, -0.2) is 0 Å². The van der Waals surface area contributed by atoms with Crippen molar-refractivity contribution in [1.29, 1.82) is 0 Å². The summed E-state index contributed by atoms with van der Waals surface area (Å²) in [6.07, 6.45) is 1.01. The Labute approximate surface area is 94.7 Å². The van der Waals surface area contributed by atoms with E-state index in [1.54, 1.807) is 6.92 Å². The third kappa shape index (κ3) is 2.39. The van der Waals surface area contributed by atoms with E-state index in [9.17, 15) is 0 Å². The Hall–Kier alpha value is -1.84. The third-order valence-electron chi connectivity index (χ3n) is 2.40. The monoisotopic (exact) mass is 217 g/mol. The van der Waals surface area contributed by atoms with Crippen LogP contribution < -0.4 is 5.32 Å². The maximum Gasteiger partial charge on any atom is 0.235 e. The van der Waals surface area contributed by atoms with Crippen molar-refractivity contribution in [1.82, 2.24) is 10.2 Å². The van der Waals surface area contributed by atoms with Crippen molar-refractivity contribution in [2.75, 3.05) is 5.32 Å². The number of aryl methyl sites for hydroxylation is 2. The van der Waals surface area contributed by atoms with Crippen LogP contribution >= 0.6 is 0 Å². The molecule has 1 heterocycles. The van der Waals surface area contributed by atoms with Gasteiger partial charge in [-0.2, -0.15) is 0 Å². The Bertz CT molecular complexity index is 465. The van der Waals surface area contributed by atoms with Gasteiger partial charge in [0.2, 0.25) is 11.8 Å². The van der Waals surface area contributed by atoms with Gasteiger partial charge in [0.05, 0.1) is 6.54 Å². The zero-order valence-corrected chi connectivity index (χ0v) is 9.53. The minimum Gasteiger partial charge on any atom is -0.424 e. The highest BCUT2D eigenvalue weighted by atomic mass is 16.4. The van der Waals surface area contributed by atoms with Crippen LogP contribution in [0.3, 0.4) is 0 Å². The predicted octanol–water partition coefficient (Wildman–Crippen LogP) is 2.55. The average Bonchev–Trinajstić information content (AvgIpc) is 2.73. The van der Waals surface area contributed by atoms with Gasteiger partial charge in [0, 0.05) is 12.6 Å². The van der Waals surface area contributed by atoms with Crippen molar-refractivity contribution in [3.63, 3.8) is 0 Å². The summed E-state index contributed by atoms with van der Waals surface area (Å²) in [6.45, 7) is 4.49. The zero-order chi connectivity index (χ0) is 11.4. The summed E-state index contributed by atoms with van der Waals surface area (Å²) in [4.78, 5) is 0. The minimum absolute atomic E-state index is 0.567. The second kappa shape index (κ2) is 4.79. The summed E-state index contributed by atoms with van der Waals surface area (Å²) in [6, 6.07) is 8.23. The van der Waals surface area contributed by atoms with Crippen LogP contribution in [-0.2, 0) is 13.0 Å². The quantitative estimate of drug-likeness (QED) is 0.855. The molecule has 0 aliphatic heterocycles. The van der Waals surface area contributed by atoms with E-state index >= 15 is 0 Å². The van der Waals surface area contributed by atoms with Crippen molar-refractivity contribution in [2.45, 2.75) is 26.8 Å². The molecule has 1 aromatic carbocycles. The van der Waals surface area contributed by atoms with Gasteiger partial charge in [0.25, 0.3) is 0 Å². The van der Waals surface area contributed by atoms with Crippen LogP contribution in [0.4, 0.5) is 5.69 Å². The van der Waals surface area contributed by atoms with Gasteiger partial charge in [-0.3, -0.25) is 0 Å². The van der Waals surface area contributed by atoms with Gasteiger partial charge >= 0.3 is 0 Å². The van der Waals surface area contributed by atoms with E-state index in [-0.39, 0.29) is 0 Å². The Morgan fingerprint density at radius 1 is 1.25 bits per heavy atom. The molecule has 4 nitrogen and oxygen atoms in total. The number of nitrogens with one attached hydrogen (secondary N) is 1. The molecule has 2 aromatic rings. The molecule has 0 fully saturated rings.